The van der Waals surface area contributed by atoms with Gasteiger partial charge < -0.3 is 9.80 Å². The Balaban J connectivity index is 1.50. The monoisotopic (exact) mass is 335 g/mol. The quantitative estimate of drug-likeness (QED) is 0.865. The Labute approximate surface area is 147 Å². The highest BCUT2D eigenvalue weighted by atomic mass is 16.2. The van der Waals surface area contributed by atoms with Crippen LogP contribution >= 0.6 is 0 Å². The van der Waals surface area contributed by atoms with Crippen LogP contribution < -0.4 is 4.90 Å². The Morgan fingerprint density at radius 1 is 1.20 bits per heavy atom. The number of carbonyl (C=O) groups excluding carboxylic acids is 2. The summed E-state index contributed by atoms with van der Waals surface area (Å²) < 4.78 is 0. The SMILES string of the molecule is Cc1ccc(CC(=O)N2CCC3C2CC(=O)N3c2cccnc2)cc1. The molecule has 2 aromatic rings. The zero-order valence-electron chi connectivity index (χ0n) is 14.3. The molecular weight excluding hydrogens is 314 g/mol. The van der Waals surface area contributed by atoms with Gasteiger partial charge in [-0.3, -0.25) is 14.6 Å². The Morgan fingerprint density at radius 2 is 2.00 bits per heavy atom. The van der Waals surface area contributed by atoms with Crippen LogP contribution in [-0.4, -0.2) is 40.3 Å². The molecule has 0 spiro atoms. The minimum Gasteiger partial charge on any atom is -0.337 e. The van der Waals surface area contributed by atoms with Crippen molar-refractivity contribution < 1.29 is 9.59 Å². The van der Waals surface area contributed by atoms with Gasteiger partial charge in [0.25, 0.3) is 0 Å². The van der Waals surface area contributed by atoms with E-state index in [1.54, 1.807) is 12.4 Å². The maximum absolute atomic E-state index is 12.8. The fraction of sp³-hybridized carbons (Fsp3) is 0.350. The maximum Gasteiger partial charge on any atom is 0.229 e. The lowest BCUT2D eigenvalue weighted by atomic mass is 10.1. The normalized spacial score (nSPS) is 22.4. The summed E-state index contributed by atoms with van der Waals surface area (Å²) >= 11 is 0. The van der Waals surface area contributed by atoms with Crippen LogP contribution in [-0.2, 0) is 16.0 Å². The van der Waals surface area contributed by atoms with Gasteiger partial charge in [0.1, 0.15) is 0 Å². The molecule has 4 rings (SSSR count). The van der Waals surface area contributed by atoms with Crippen LogP contribution in [0.25, 0.3) is 0 Å². The van der Waals surface area contributed by atoms with Crippen molar-refractivity contribution in [3.8, 4) is 0 Å². The first kappa shape index (κ1) is 15.8. The average Bonchev–Trinajstić information content (AvgIpc) is 3.15. The lowest BCUT2D eigenvalue weighted by molar-refractivity contribution is -0.131. The molecule has 0 bridgehead atoms. The summed E-state index contributed by atoms with van der Waals surface area (Å²) in [5.74, 6) is 0.188. The van der Waals surface area contributed by atoms with Gasteiger partial charge in [0.15, 0.2) is 0 Å². The molecule has 0 N–H and O–H groups in total. The summed E-state index contributed by atoms with van der Waals surface area (Å²) in [6, 6.07) is 11.8. The number of carbonyl (C=O) groups is 2. The van der Waals surface area contributed by atoms with Gasteiger partial charge in [0.05, 0.1) is 30.4 Å². The Bertz CT molecular complexity index is 788. The fourth-order valence-corrected chi connectivity index (χ4v) is 3.97. The van der Waals surface area contributed by atoms with Crippen molar-refractivity contribution in [3.63, 3.8) is 0 Å². The first-order valence-corrected chi connectivity index (χ1v) is 8.70. The molecule has 2 unspecified atom stereocenters. The second kappa shape index (κ2) is 6.31. The summed E-state index contributed by atoms with van der Waals surface area (Å²) in [6.45, 7) is 2.75. The van der Waals surface area contributed by atoms with E-state index in [0.29, 0.717) is 19.4 Å². The Hall–Kier alpha value is -2.69. The molecule has 25 heavy (non-hydrogen) atoms. The lowest BCUT2D eigenvalue weighted by Gasteiger charge is -2.25. The average molecular weight is 335 g/mol. The Kier molecular flexibility index (Phi) is 3.99. The molecule has 2 aliphatic heterocycles. The van der Waals surface area contributed by atoms with Gasteiger partial charge in [0.2, 0.25) is 11.8 Å². The zero-order valence-corrected chi connectivity index (χ0v) is 14.3. The summed E-state index contributed by atoms with van der Waals surface area (Å²) in [6.07, 6.45) is 5.04. The number of amides is 2. The van der Waals surface area contributed by atoms with Gasteiger partial charge in [-0.2, -0.15) is 0 Å². The van der Waals surface area contributed by atoms with E-state index in [0.717, 1.165) is 17.7 Å². The number of benzene rings is 1. The van der Waals surface area contributed by atoms with Crippen LogP contribution in [0.4, 0.5) is 5.69 Å². The van der Waals surface area contributed by atoms with Crippen LogP contribution in [0.1, 0.15) is 24.0 Å². The van der Waals surface area contributed by atoms with Crippen LogP contribution in [0.2, 0.25) is 0 Å². The van der Waals surface area contributed by atoms with E-state index < -0.39 is 0 Å². The molecule has 2 saturated heterocycles. The molecule has 2 amide bonds. The molecule has 3 heterocycles. The number of likely N-dealkylation sites (tertiary alicyclic amines) is 1. The fourth-order valence-electron chi connectivity index (χ4n) is 3.97. The molecule has 2 atom stereocenters. The molecule has 0 saturated carbocycles. The molecule has 1 aromatic carbocycles. The van der Waals surface area contributed by atoms with Crippen molar-refractivity contribution in [3.05, 3.63) is 59.9 Å². The molecule has 0 radical (unpaired) electrons. The maximum atomic E-state index is 12.8. The predicted octanol–water partition coefficient (Wildman–Crippen LogP) is 2.34. The van der Waals surface area contributed by atoms with E-state index in [4.69, 9.17) is 0 Å². The first-order valence-electron chi connectivity index (χ1n) is 8.70. The number of pyridine rings is 1. The molecule has 1 aromatic heterocycles. The Morgan fingerprint density at radius 3 is 2.72 bits per heavy atom. The number of anilines is 1. The van der Waals surface area contributed by atoms with Crippen molar-refractivity contribution in [1.82, 2.24) is 9.88 Å². The van der Waals surface area contributed by atoms with Gasteiger partial charge in [-0.1, -0.05) is 29.8 Å². The van der Waals surface area contributed by atoms with Crippen molar-refractivity contribution in [2.24, 2.45) is 0 Å². The van der Waals surface area contributed by atoms with Crippen LogP contribution in [0.15, 0.2) is 48.8 Å². The summed E-state index contributed by atoms with van der Waals surface area (Å²) in [5, 5.41) is 0. The van der Waals surface area contributed by atoms with Gasteiger partial charge in [-0.05, 0) is 31.0 Å². The molecule has 2 aliphatic rings. The molecule has 128 valence electrons. The smallest absolute Gasteiger partial charge is 0.229 e. The number of hydrogen-bond acceptors (Lipinski definition) is 3. The van der Waals surface area contributed by atoms with E-state index in [1.807, 2.05) is 53.1 Å². The van der Waals surface area contributed by atoms with E-state index in [-0.39, 0.29) is 23.9 Å². The first-order chi connectivity index (χ1) is 12.1. The van der Waals surface area contributed by atoms with Crippen LogP contribution in [0.3, 0.4) is 0 Å². The number of nitrogens with zero attached hydrogens (tertiary/aromatic N) is 3. The third-order valence-electron chi connectivity index (χ3n) is 5.21. The van der Waals surface area contributed by atoms with E-state index >= 15 is 0 Å². The van der Waals surface area contributed by atoms with Gasteiger partial charge in [-0.15, -0.1) is 0 Å². The third-order valence-corrected chi connectivity index (χ3v) is 5.21. The highest BCUT2D eigenvalue weighted by Gasteiger charge is 2.48. The lowest BCUT2D eigenvalue weighted by Crippen LogP contribution is -2.40. The minimum absolute atomic E-state index is 0.0225. The van der Waals surface area contributed by atoms with Gasteiger partial charge >= 0.3 is 0 Å². The van der Waals surface area contributed by atoms with Crippen molar-refractivity contribution in [2.45, 2.75) is 38.3 Å². The topological polar surface area (TPSA) is 53.5 Å². The molecule has 0 aliphatic carbocycles. The standard InChI is InChI=1S/C20H21N3O2/c1-14-4-6-15(7-5-14)11-19(24)22-10-8-17-18(22)12-20(25)23(17)16-3-2-9-21-13-16/h2-7,9,13,17-18H,8,10-12H2,1H3. The number of aryl methyl sites for hydroxylation is 1. The molecule has 5 heteroatoms. The van der Waals surface area contributed by atoms with E-state index in [2.05, 4.69) is 4.98 Å². The van der Waals surface area contributed by atoms with E-state index in [1.165, 1.54) is 5.56 Å². The second-order valence-corrected chi connectivity index (χ2v) is 6.85. The number of fused-ring (bicyclic) bond motifs is 1. The van der Waals surface area contributed by atoms with Crippen LogP contribution in [0.5, 0.6) is 0 Å². The number of aromatic nitrogens is 1. The summed E-state index contributed by atoms with van der Waals surface area (Å²) in [7, 11) is 0. The molecule has 5 nitrogen and oxygen atoms in total. The molecular formula is C20H21N3O2. The minimum atomic E-state index is -0.0225. The van der Waals surface area contributed by atoms with Crippen molar-refractivity contribution in [2.75, 3.05) is 11.4 Å². The van der Waals surface area contributed by atoms with Crippen LogP contribution in [0, 0.1) is 6.92 Å². The van der Waals surface area contributed by atoms with Gasteiger partial charge in [-0.25, -0.2) is 0 Å². The van der Waals surface area contributed by atoms with Crippen molar-refractivity contribution >= 4 is 17.5 Å². The van der Waals surface area contributed by atoms with Gasteiger partial charge in [0, 0.05) is 19.2 Å². The second-order valence-electron chi connectivity index (χ2n) is 6.85. The predicted molar refractivity (Wildman–Crippen MR) is 95.1 cm³/mol. The molecule has 2 fully saturated rings. The number of hydrogen-bond donors (Lipinski definition) is 0. The largest absolute Gasteiger partial charge is 0.337 e. The third kappa shape index (κ3) is 2.90. The number of rotatable bonds is 3. The van der Waals surface area contributed by atoms with E-state index in [9.17, 15) is 9.59 Å². The summed E-state index contributed by atoms with van der Waals surface area (Å²) in [5.41, 5.74) is 3.03. The highest BCUT2D eigenvalue weighted by molar-refractivity contribution is 5.98. The van der Waals surface area contributed by atoms with Crippen molar-refractivity contribution in [1.29, 1.82) is 0 Å². The highest BCUT2D eigenvalue weighted by Crippen LogP contribution is 2.35. The zero-order chi connectivity index (χ0) is 17.4. The summed E-state index contributed by atoms with van der Waals surface area (Å²) in [4.78, 5) is 33.1.